The van der Waals surface area contributed by atoms with E-state index in [1.807, 2.05) is 0 Å². The number of hydrogen-bond donors (Lipinski definition) is 1. The Balaban J connectivity index is 1.74. The summed E-state index contributed by atoms with van der Waals surface area (Å²) in [6.45, 7) is 3.79. The van der Waals surface area contributed by atoms with E-state index in [2.05, 4.69) is 15.9 Å². The fraction of sp³-hybridized carbons (Fsp3) is 0.654. The number of halogens is 2. The Kier molecular flexibility index (Phi) is 8.45. The van der Waals surface area contributed by atoms with Crippen LogP contribution in [0.25, 0.3) is 0 Å². The molecule has 204 valence electrons. The van der Waals surface area contributed by atoms with Crippen LogP contribution >= 0.6 is 15.9 Å². The predicted octanol–water partition coefficient (Wildman–Crippen LogP) is 4.13. The van der Waals surface area contributed by atoms with Gasteiger partial charge in [-0.05, 0) is 64.2 Å². The van der Waals surface area contributed by atoms with E-state index in [1.165, 1.54) is 39.2 Å². The SMILES string of the molecule is COc1ccc(F)cc1[C@H](CN1C(=O)N(C(C)(C)C(=O)O)C(=O)C2CC(Br)CCC21)OC1CCOCC1. The monoisotopic (exact) mass is 584 g/mol. The van der Waals surface area contributed by atoms with E-state index in [0.717, 1.165) is 11.3 Å². The summed E-state index contributed by atoms with van der Waals surface area (Å²) in [5.41, 5.74) is -1.29. The molecule has 4 rings (SSSR count). The molecule has 4 atom stereocenters. The van der Waals surface area contributed by atoms with Gasteiger partial charge in [0.25, 0.3) is 0 Å². The summed E-state index contributed by atoms with van der Waals surface area (Å²) in [4.78, 5) is 42.0. The molecule has 3 unspecified atom stereocenters. The molecule has 11 heteroatoms. The van der Waals surface area contributed by atoms with Crippen molar-refractivity contribution in [1.82, 2.24) is 9.80 Å². The number of imide groups is 1. The van der Waals surface area contributed by atoms with Gasteiger partial charge in [0.15, 0.2) is 0 Å². The van der Waals surface area contributed by atoms with Crippen LogP contribution in [0.3, 0.4) is 0 Å². The first-order valence-corrected chi connectivity index (χ1v) is 13.5. The number of ether oxygens (including phenoxy) is 3. The molecule has 3 fully saturated rings. The van der Waals surface area contributed by atoms with Gasteiger partial charge in [0, 0.05) is 29.6 Å². The second-order valence-electron chi connectivity index (χ2n) is 10.4. The summed E-state index contributed by atoms with van der Waals surface area (Å²) < 4.78 is 31.8. The van der Waals surface area contributed by atoms with Crippen molar-refractivity contribution in [3.8, 4) is 5.75 Å². The fourth-order valence-corrected chi connectivity index (χ4v) is 6.16. The van der Waals surface area contributed by atoms with Crippen molar-refractivity contribution < 1.29 is 38.1 Å². The largest absolute Gasteiger partial charge is 0.496 e. The van der Waals surface area contributed by atoms with E-state index in [9.17, 15) is 23.9 Å². The minimum atomic E-state index is -1.75. The summed E-state index contributed by atoms with van der Waals surface area (Å²) in [6, 6.07) is 3.06. The minimum absolute atomic E-state index is 0.0175. The zero-order valence-corrected chi connectivity index (χ0v) is 22.9. The molecule has 3 aliphatic rings. The Labute approximate surface area is 224 Å². The molecule has 1 N–H and O–H groups in total. The number of nitrogens with zero attached hydrogens (tertiary/aromatic N) is 2. The second-order valence-corrected chi connectivity index (χ2v) is 11.7. The maximum absolute atomic E-state index is 14.4. The Morgan fingerprint density at radius 2 is 1.95 bits per heavy atom. The van der Waals surface area contributed by atoms with Crippen LogP contribution in [0.2, 0.25) is 0 Å². The molecule has 1 aromatic rings. The molecule has 2 heterocycles. The van der Waals surface area contributed by atoms with Crippen LogP contribution in [0.5, 0.6) is 5.75 Å². The van der Waals surface area contributed by atoms with E-state index in [1.54, 1.807) is 4.90 Å². The second kappa shape index (κ2) is 11.2. The van der Waals surface area contributed by atoms with Crippen LogP contribution in [0.4, 0.5) is 9.18 Å². The van der Waals surface area contributed by atoms with Gasteiger partial charge < -0.3 is 24.2 Å². The van der Waals surface area contributed by atoms with Gasteiger partial charge in [-0.3, -0.25) is 4.79 Å². The van der Waals surface area contributed by atoms with Gasteiger partial charge in [-0.15, -0.1) is 0 Å². The Hall–Kier alpha value is -2.24. The number of carbonyl (C=O) groups excluding carboxylic acids is 2. The molecule has 9 nitrogen and oxygen atoms in total. The van der Waals surface area contributed by atoms with Gasteiger partial charge >= 0.3 is 12.0 Å². The standard InChI is InChI=1S/C26H34BrFN2O7/c1-26(2,24(32)33)30-23(31)18-12-15(27)4-6-20(18)29(25(30)34)14-22(37-17-8-10-36-11-9-17)19-13-16(28)5-7-21(19)35-3/h5,7,13,15,17-18,20,22H,4,6,8-12,14H2,1-3H3,(H,32,33)/t15?,18?,20?,22-/m0/s1. The number of alkyl halides is 1. The average Bonchev–Trinajstić information content (AvgIpc) is 2.86. The first kappa shape index (κ1) is 27.8. The molecule has 0 spiro atoms. The topological polar surface area (TPSA) is 106 Å². The van der Waals surface area contributed by atoms with E-state index in [-0.39, 0.29) is 17.5 Å². The number of amides is 3. The normalized spacial score (nSPS) is 26.1. The molecule has 0 bridgehead atoms. The van der Waals surface area contributed by atoms with Crippen molar-refractivity contribution >= 4 is 33.8 Å². The number of urea groups is 1. The lowest BCUT2D eigenvalue weighted by atomic mass is 9.79. The number of rotatable bonds is 8. The van der Waals surface area contributed by atoms with Crippen molar-refractivity contribution in [3.63, 3.8) is 0 Å². The molecule has 1 saturated carbocycles. The highest BCUT2D eigenvalue weighted by Crippen LogP contribution is 2.41. The number of aliphatic carboxylic acids is 1. The maximum Gasteiger partial charge on any atom is 0.329 e. The highest BCUT2D eigenvalue weighted by Gasteiger charge is 2.55. The molecule has 1 aromatic carbocycles. The molecular weight excluding hydrogens is 551 g/mol. The number of methoxy groups -OCH3 is 1. The molecule has 2 aliphatic heterocycles. The van der Waals surface area contributed by atoms with Crippen molar-refractivity contribution in [2.45, 2.75) is 74.6 Å². The lowest BCUT2D eigenvalue weighted by molar-refractivity contribution is -0.161. The van der Waals surface area contributed by atoms with Crippen LogP contribution in [-0.2, 0) is 19.1 Å². The van der Waals surface area contributed by atoms with E-state index in [4.69, 9.17) is 14.2 Å². The highest BCUT2D eigenvalue weighted by molar-refractivity contribution is 9.09. The quantitative estimate of drug-likeness (QED) is 0.458. The molecule has 2 saturated heterocycles. The van der Waals surface area contributed by atoms with Gasteiger partial charge in [-0.25, -0.2) is 18.9 Å². The van der Waals surface area contributed by atoms with Crippen LogP contribution in [0.15, 0.2) is 18.2 Å². The van der Waals surface area contributed by atoms with Crippen LogP contribution < -0.4 is 4.74 Å². The molecule has 1 aliphatic carbocycles. The summed E-state index contributed by atoms with van der Waals surface area (Å²) >= 11 is 3.61. The summed E-state index contributed by atoms with van der Waals surface area (Å²) in [7, 11) is 1.48. The third kappa shape index (κ3) is 5.63. The van der Waals surface area contributed by atoms with Crippen molar-refractivity contribution in [2.75, 3.05) is 26.9 Å². The Morgan fingerprint density at radius 1 is 1.24 bits per heavy atom. The summed E-state index contributed by atoms with van der Waals surface area (Å²) in [6.07, 6.45) is 2.18. The van der Waals surface area contributed by atoms with E-state index in [0.29, 0.717) is 50.2 Å². The number of carboxylic acids is 1. The Bertz CT molecular complexity index is 1030. The van der Waals surface area contributed by atoms with Crippen LogP contribution in [0.1, 0.15) is 57.6 Å². The fourth-order valence-electron chi connectivity index (χ4n) is 5.49. The molecule has 3 amide bonds. The zero-order valence-electron chi connectivity index (χ0n) is 21.3. The van der Waals surface area contributed by atoms with Crippen molar-refractivity contribution in [3.05, 3.63) is 29.6 Å². The third-order valence-corrected chi connectivity index (χ3v) is 8.46. The molecule has 0 radical (unpaired) electrons. The van der Waals surface area contributed by atoms with Gasteiger partial charge in [0.1, 0.15) is 23.2 Å². The van der Waals surface area contributed by atoms with Gasteiger partial charge in [-0.2, -0.15) is 0 Å². The van der Waals surface area contributed by atoms with Gasteiger partial charge in [-0.1, -0.05) is 15.9 Å². The first-order valence-electron chi connectivity index (χ1n) is 12.6. The van der Waals surface area contributed by atoms with E-state index >= 15 is 0 Å². The van der Waals surface area contributed by atoms with Crippen LogP contribution in [-0.4, -0.2) is 82.2 Å². The van der Waals surface area contributed by atoms with E-state index < -0.39 is 47.3 Å². The number of hydrogen-bond acceptors (Lipinski definition) is 6. The van der Waals surface area contributed by atoms with Crippen molar-refractivity contribution in [2.24, 2.45) is 5.92 Å². The van der Waals surface area contributed by atoms with Crippen molar-refractivity contribution in [1.29, 1.82) is 0 Å². The molecule has 0 aromatic heterocycles. The van der Waals surface area contributed by atoms with Gasteiger partial charge in [0.05, 0.1) is 25.7 Å². The van der Waals surface area contributed by atoms with Crippen LogP contribution in [0, 0.1) is 11.7 Å². The predicted molar refractivity (Wildman–Crippen MR) is 135 cm³/mol. The Morgan fingerprint density at radius 3 is 2.59 bits per heavy atom. The third-order valence-electron chi connectivity index (χ3n) is 7.63. The number of carbonyl (C=O) groups is 3. The number of fused-ring (bicyclic) bond motifs is 1. The average molecular weight is 585 g/mol. The summed E-state index contributed by atoms with van der Waals surface area (Å²) in [5.74, 6) is -2.37. The lowest BCUT2D eigenvalue weighted by Gasteiger charge is -2.51. The van der Waals surface area contributed by atoms with Gasteiger partial charge in [0.2, 0.25) is 5.91 Å². The number of carboxylic acid groups (broad SMARTS) is 1. The first-order chi connectivity index (χ1) is 17.5. The number of benzene rings is 1. The maximum atomic E-state index is 14.4. The molecular formula is C26H34BrFN2O7. The zero-order chi connectivity index (χ0) is 26.9. The lowest BCUT2D eigenvalue weighted by Crippen LogP contribution is -2.69. The highest BCUT2D eigenvalue weighted by atomic mass is 79.9. The molecule has 37 heavy (non-hydrogen) atoms. The summed E-state index contributed by atoms with van der Waals surface area (Å²) in [5, 5.41) is 9.87. The minimum Gasteiger partial charge on any atom is -0.496 e. The smallest absolute Gasteiger partial charge is 0.329 e.